The van der Waals surface area contributed by atoms with Crippen LogP contribution in [0.4, 0.5) is 0 Å². The Morgan fingerprint density at radius 2 is 2.13 bits per heavy atom. The maximum atomic E-state index is 11.3. The number of nitrogens with zero attached hydrogens (tertiary/aromatic N) is 1. The number of sulfone groups is 1. The van der Waals surface area contributed by atoms with Gasteiger partial charge in [0.2, 0.25) is 0 Å². The summed E-state index contributed by atoms with van der Waals surface area (Å²) in [5, 5.41) is 9.64. The van der Waals surface area contributed by atoms with E-state index in [9.17, 15) is 8.42 Å². The molecule has 0 amide bonds. The third-order valence-corrected chi connectivity index (χ3v) is 3.50. The first-order chi connectivity index (χ1) is 6.99. The fourth-order valence-corrected chi connectivity index (χ4v) is 2.53. The lowest BCUT2D eigenvalue weighted by Crippen LogP contribution is -2.01. The van der Waals surface area contributed by atoms with Crippen molar-refractivity contribution in [3.63, 3.8) is 0 Å². The molecule has 0 spiro atoms. The second kappa shape index (κ2) is 4.77. The molecule has 0 aliphatic carbocycles. The van der Waals surface area contributed by atoms with Gasteiger partial charge in [0.15, 0.2) is 9.84 Å². The minimum Gasteiger partial charge on any atom is -0.224 e. The van der Waals surface area contributed by atoms with Crippen LogP contribution in [0.15, 0.2) is 23.1 Å². The molecule has 0 saturated carbocycles. The number of rotatable bonds is 3. The predicted molar refractivity (Wildman–Crippen MR) is 61.8 cm³/mol. The standard InChI is InChI=1S/C10H10BrNO2S/c1-15(13,14)10-3-2-8(4-5-11)6-9(10)7-12/h2-3,6H,4-5H2,1H3. The third kappa shape index (κ3) is 3.05. The highest BCUT2D eigenvalue weighted by atomic mass is 79.9. The molecule has 0 aliphatic rings. The predicted octanol–water partition coefficient (Wildman–Crippen LogP) is 1.90. The summed E-state index contributed by atoms with van der Waals surface area (Å²) in [5.41, 5.74) is 1.17. The van der Waals surface area contributed by atoms with Crippen LogP contribution in [0.5, 0.6) is 0 Å². The van der Waals surface area contributed by atoms with Gasteiger partial charge in [-0.15, -0.1) is 0 Å². The molecular formula is C10H10BrNO2S. The van der Waals surface area contributed by atoms with Gasteiger partial charge >= 0.3 is 0 Å². The van der Waals surface area contributed by atoms with Crippen molar-refractivity contribution in [1.29, 1.82) is 5.26 Å². The molecule has 1 rings (SSSR count). The zero-order valence-corrected chi connectivity index (χ0v) is 10.6. The van der Waals surface area contributed by atoms with Gasteiger partial charge in [-0.05, 0) is 24.1 Å². The molecule has 0 aromatic heterocycles. The van der Waals surface area contributed by atoms with Gasteiger partial charge < -0.3 is 0 Å². The Kier molecular flexibility index (Phi) is 3.89. The van der Waals surface area contributed by atoms with Crippen LogP contribution >= 0.6 is 15.9 Å². The Balaban J connectivity index is 3.29. The van der Waals surface area contributed by atoms with E-state index in [1.807, 2.05) is 6.07 Å². The normalized spacial score (nSPS) is 11.0. The van der Waals surface area contributed by atoms with E-state index in [0.29, 0.717) is 0 Å². The number of aryl methyl sites for hydroxylation is 1. The molecule has 0 atom stereocenters. The summed E-state index contributed by atoms with van der Waals surface area (Å²) in [6.45, 7) is 0. The van der Waals surface area contributed by atoms with E-state index in [2.05, 4.69) is 15.9 Å². The fraction of sp³-hybridized carbons (Fsp3) is 0.300. The van der Waals surface area contributed by atoms with E-state index in [4.69, 9.17) is 5.26 Å². The van der Waals surface area contributed by atoms with Gasteiger partial charge in [0.05, 0.1) is 10.5 Å². The molecule has 15 heavy (non-hydrogen) atoms. The quantitative estimate of drug-likeness (QED) is 0.798. The van der Waals surface area contributed by atoms with Crippen molar-refractivity contribution in [3.8, 4) is 6.07 Å². The first kappa shape index (κ1) is 12.2. The van der Waals surface area contributed by atoms with Crippen LogP contribution in [0.2, 0.25) is 0 Å². The molecule has 5 heteroatoms. The minimum atomic E-state index is -3.31. The van der Waals surface area contributed by atoms with E-state index in [1.165, 1.54) is 6.07 Å². The lowest BCUT2D eigenvalue weighted by Gasteiger charge is -2.03. The second-order valence-corrected chi connectivity index (χ2v) is 5.93. The Hall–Kier alpha value is -0.860. The summed E-state index contributed by atoms with van der Waals surface area (Å²) in [7, 11) is -3.31. The van der Waals surface area contributed by atoms with Crippen LogP contribution in [0, 0.1) is 11.3 Å². The number of halogens is 1. The first-order valence-electron chi connectivity index (χ1n) is 4.28. The molecule has 80 valence electrons. The average Bonchev–Trinajstić information content (AvgIpc) is 2.16. The third-order valence-electron chi connectivity index (χ3n) is 1.95. The zero-order valence-electron chi connectivity index (χ0n) is 8.20. The summed E-state index contributed by atoms with van der Waals surface area (Å²) in [4.78, 5) is 0.100. The number of nitriles is 1. The Morgan fingerprint density at radius 3 is 2.60 bits per heavy atom. The minimum absolute atomic E-state index is 0.100. The van der Waals surface area contributed by atoms with Gasteiger partial charge in [-0.2, -0.15) is 5.26 Å². The monoisotopic (exact) mass is 287 g/mol. The first-order valence-corrected chi connectivity index (χ1v) is 7.29. The lowest BCUT2D eigenvalue weighted by molar-refractivity contribution is 0.601. The van der Waals surface area contributed by atoms with Crippen LogP contribution in [0.1, 0.15) is 11.1 Å². The molecule has 0 bridgehead atoms. The van der Waals surface area contributed by atoms with Crippen LogP contribution in [-0.4, -0.2) is 20.0 Å². The van der Waals surface area contributed by atoms with Crippen molar-refractivity contribution in [1.82, 2.24) is 0 Å². The van der Waals surface area contributed by atoms with Crippen molar-refractivity contribution >= 4 is 25.8 Å². The van der Waals surface area contributed by atoms with Gasteiger partial charge in [-0.3, -0.25) is 0 Å². The van der Waals surface area contributed by atoms with E-state index < -0.39 is 9.84 Å². The molecule has 0 fully saturated rings. The largest absolute Gasteiger partial charge is 0.224 e. The Morgan fingerprint density at radius 1 is 1.47 bits per heavy atom. The summed E-state index contributed by atoms with van der Waals surface area (Å²) < 4.78 is 22.6. The maximum Gasteiger partial charge on any atom is 0.176 e. The second-order valence-electron chi connectivity index (χ2n) is 3.15. The van der Waals surface area contributed by atoms with Gasteiger partial charge in [-0.25, -0.2) is 8.42 Å². The topological polar surface area (TPSA) is 57.9 Å². The number of hydrogen-bond donors (Lipinski definition) is 0. The maximum absolute atomic E-state index is 11.3. The van der Waals surface area contributed by atoms with Gasteiger partial charge in [-0.1, -0.05) is 22.0 Å². The summed E-state index contributed by atoms with van der Waals surface area (Å²) in [5.74, 6) is 0. The smallest absolute Gasteiger partial charge is 0.176 e. The van der Waals surface area contributed by atoms with Gasteiger partial charge in [0.1, 0.15) is 6.07 Å². The highest BCUT2D eigenvalue weighted by Gasteiger charge is 2.13. The van der Waals surface area contributed by atoms with E-state index >= 15 is 0 Å². The van der Waals surface area contributed by atoms with E-state index in [0.717, 1.165) is 23.6 Å². The summed E-state index contributed by atoms with van der Waals surface area (Å²) in [6.07, 6.45) is 1.88. The molecule has 0 N–H and O–H groups in total. The highest BCUT2D eigenvalue weighted by Crippen LogP contribution is 2.17. The molecule has 1 aromatic carbocycles. The van der Waals surface area contributed by atoms with Crippen molar-refractivity contribution in [2.75, 3.05) is 11.6 Å². The van der Waals surface area contributed by atoms with Crippen LogP contribution in [-0.2, 0) is 16.3 Å². The lowest BCUT2D eigenvalue weighted by atomic mass is 10.1. The summed E-state index contributed by atoms with van der Waals surface area (Å²) in [6, 6.07) is 6.76. The molecule has 0 heterocycles. The Bertz CT molecular complexity index is 503. The van der Waals surface area contributed by atoms with E-state index in [1.54, 1.807) is 12.1 Å². The van der Waals surface area contributed by atoms with Crippen LogP contribution in [0.3, 0.4) is 0 Å². The molecule has 0 aliphatic heterocycles. The van der Waals surface area contributed by atoms with E-state index in [-0.39, 0.29) is 10.5 Å². The van der Waals surface area contributed by atoms with Gasteiger partial charge in [0, 0.05) is 11.6 Å². The molecule has 0 unspecified atom stereocenters. The Labute approximate surface area is 97.8 Å². The number of benzene rings is 1. The van der Waals surface area contributed by atoms with Crippen molar-refractivity contribution < 1.29 is 8.42 Å². The average molecular weight is 288 g/mol. The van der Waals surface area contributed by atoms with Crippen molar-refractivity contribution in [3.05, 3.63) is 29.3 Å². The molecule has 0 saturated heterocycles. The van der Waals surface area contributed by atoms with Crippen molar-refractivity contribution in [2.24, 2.45) is 0 Å². The number of hydrogen-bond acceptors (Lipinski definition) is 3. The van der Waals surface area contributed by atoms with Gasteiger partial charge in [0.25, 0.3) is 0 Å². The number of alkyl halides is 1. The molecule has 1 aromatic rings. The molecule has 0 radical (unpaired) electrons. The van der Waals surface area contributed by atoms with Crippen molar-refractivity contribution in [2.45, 2.75) is 11.3 Å². The fourth-order valence-electron chi connectivity index (χ4n) is 1.25. The SMILES string of the molecule is CS(=O)(=O)c1ccc(CCBr)cc1C#N. The molecule has 3 nitrogen and oxygen atoms in total. The highest BCUT2D eigenvalue weighted by molar-refractivity contribution is 9.09. The summed E-state index contributed by atoms with van der Waals surface area (Å²) >= 11 is 3.29. The molecular weight excluding hydrogens is 278 g/mol. The zero-order chi connectivity index (χ0) is 11.5. The van der Waals surface area contributed by atoms with Crippen LogP contribution < -0.4 is 0 Å². The van der Waals surface area contributed by atoms with Crippen LogP contribution in [0.25, 0.3) is 0 Å².